The lowest BCUT2D eigenvalue weighted by Gasteiger charge is -2.22. The van der Waals surface area contributed by atoms with Crippen molar-refractivity contribution in [1.82, 2.24) is 9.62 Å². The van der Waals surface area contributed by atoms with Gasteiger partial charge in [-0.05, 0) is 30.5 Å². The summed E-state index contributed by atoms with van der Waals surface area (Å²) in [7, 11) is -2.28. The summed E-state index contributed by atoms with van der Waals surface area (Å²) in [6.45, 7) is 4.28. The summed E-state index contributed by atoms with van der Waals surface area (Å²) in [5.41, 5.74) is 2.05. The third-order valence-electron chi connectivity index (χ3n) is 3.82. The molecule has 0 aliphatic rings. The predicted molar refractivity (Wildman–Crippen MR) is 94.4 cm³/mol. The minimum atomic E-state index is -3.86. The molecule has 0 bridgehead atoms. The predicted octanol–water partition coefficient (Wildman–Crippen LogP) is 3.13. The first-order chi connectivity index (χ1) is 11.3. The molecule has 24 heavy (non-hydrogen) atoms. The third kappa shape index (κ3) is 4.58. The molecule has 2 aromatic rings. The van der Waals surface area contributed by atoms with Gasteiger partial charge in [0.25, 0.3) is 10.0 Å². The lowest BCUT2D eigenvalue weighted by Crippen LogP contribution is -2.42. The molecule has 0 fully saturated rings. The van der Waals surface area contributed by atoms with Crippen LogP contribution in [-0.4, -0.2) is 32.9 Å². The van der Waals surface area contributed by atoms with Crippen LogP contribution in [0.2, 0.25) is 0 Å². The summed E-state index contributed by atoms with van der Waals surface area (Å²) in [6, 6.07) is 15.5. The molecule has 128 valence electrons. The maximum Gasteiger partial charge on any atom is 0.331 e. The van der Waals surface area contributed by atoms with Crippen molar-refractivity contribution in [3.63, 3.8) is 0 Å². The molecule has 5 nitrogen and oxygen atoms in total. The van der Waals surface area contributed by atoms with Crippen LogP contribution in [0.1, 0.15) is 24.0 Å². The van der Waals surface area contributed by atoms with E-state index in [-0.39, 0.29) is 10.8 Å². The number of rotatable bonds is 5. The number of urea groups is 1. The van der Waals surface area contributed by atoms with Crippen LogP contribution >= 0.6 is 0 Å². The van der Waals surface area contributed by atoms with Gasteiger partial charge < -0.3 is 4.90 Å². The number of carbonyl (C=O) groups excluding carboxylic acids is 1. The van der Waals surface area contributed by atoms with Gasteiger partial charge in [0, 0.05) is 13.6 Å². The molecule has 1 unspecified atom stereocenters. The van der Waals surface area contributed by atoms with E-state index in [9.17, 15) is 13.2 Å². The third-order valence-corrected chi connectivity index (χ3v) is 5.15. The zero-order chi connectivity index (χ0) is 17.7. The zero-order valence-electron chi connectivity index (χ0n) is 14.1. The number of aryl methyl sites for hydroxylation is 1. The Morgan fingerprint density at radius 2 is 1.67 bits per heavy atom. The monoisotopic (exact) mass is 346 g/mol. The lowest BCUT2D eigenvalue weighted by molar-refractivity contribution is 0.212. The van der Waals surface area contributed by atoms with Gasteiger partial charge in [-0.25, -0.2) is 17.9 Å². The average Bonchev–Trinajstić information content (AvgIpc) is 2.55. The number of sulfonamides is 1. The van der Waals surface area contributed by atoms with Crippen molar-refractivity contribution in [2.24, 2.45) is 0 Å². The van der Waals surface area contributed by atoms with Gasteiger partial charge in [0.2, 0.25) is 0 Å². The van der Waals surface area contributed by atoms with Crippen LogP contribution < -0.4 is 4.72 Å². The average molecular weight is 346 g/mol. The fourth-order valence-electron chi connectivity index (χ4n) is 2.35. The Morgan fingerprint density at radius 1 is 1.08 bits per heavy atom. The van der Waals surface area contributed by atoms with E-state index in [2.05, 4.69) is 4.72 Å². The van der Waals surface area contributed by atoms with Crippen LogP contribution in [0.25, 0.3) is 0 Å². The highest BCUT2D eigenvalue weighted by Crippen LogP contribution is 2.16. The number of hydrogen-bond donors (Lipinski definition) is 1. The Kier molecular flexibility index (Phi) is 5.62. The molecule has 1 N–H and O–H groups in total. The Morgan fingerprint density at radius 3 is 2.25 bits per heavy atom. The van der Waals surface area contributed by atoms with Crippen molar-refractivity contribution in [2.45, 2.75) is 24.7 Å². The van der Waals surface area contributed by atoms with Gasteiger partial charge in [0.15, 0.2) is 0 Å². The molecular weight excluding hydrogens is 324 g/mol. The minimum Gasteiger partial charge on any atom is -0.326 e. The van der Waals surface area contributed by atoms with E-state index < -0.39 is 16.1 Å². The Bertz CT molecular complexity index is 787. The summed E-state index contributed by atoms with van der Waals surface area (Å²) in [5.74, 6) is 0.101. The number of carbonyl (C=O) groups is 1. The van der Waals surface area contributed by atoms with Crippen LogP contribution in [0.4, 0.5) is 4.79 Å². The van der Waals surface area contributed by atoms with E-state index in [1.807, 2.05) is 44.2 Å². The van der Waals surface area contributed by atoms with Gasteiger partial charge in [0.1, 0.15) is 0 Å². The van der Waals surface area contributed by atoms with Gasteiger partial charge >= 0.3 is 6.03 Å². The quantitative estimate of drug-likeness (QED) is 0.904. The second-order valence-corrected chi connectivity index (χ2v) is 7.60. The van der Waals surface area contributed by atoms with Gasteiger partial charge in [-0.3, -0.25) is 0 Å². The number of likely N-dealkylation sites (N-methyl/N-ethyl adjacent to an activating group) is 1. The van der Waals surface area contributed by atoms with Crippen molar-refractivity contribution in [3.05, 3.63) is 65.7 Å². The molecule has 0 saturated carbocycles. The van der Waals surface area contributed by atoms with Gasteiger partial charge in [-0.15, -0.1) is 0 Å². The molecule has 0 aromatic heterocycles. The first-order valence-corrected chi connectivity index (χ1v) is 9.17. The molecule has 2 rings (SSSR count). The molecule has 0 heterocycles. The van der Waals surface area contributed by atoms with Crippen LogP contribution in [-0.2, 0) is 10.0 Å². The molecule has 0 saturated heterocycles. The highest BCUT2D eigenvalue weighted by atomic mass is 32.2. The van der Waals surface area contributed by atoms with Crippen molar-refractivity contribution < 1.29 is 13.2 Å². The zero-order valence-corrected chi connectivity index (χ0v) is 14.9. The summed E-state index contributed by atoms with van der Waals surface area (Å²) in [6.07, 6.45) is 0. The number of benzene rings is 2. The Hall–Kier alpha value is -2.34. The summed E-state index contributed by atoms with van der Waals surface area (Å²) in [5, 5.41) is 0. The second-order valence-electron chi connectivity index (χ2n) is 5.92. The fourth-order valence-corrected chi connectivity index (χ4v) is 3.35. The molecule has 0 aliphatic carbocycles. The molecule has 2 amide bonds. The summed E-state index contributed by atoms with van der Waals surface area (Å²) in [4.78, 5) is 13.7. The lowest BCUT2D eigenvalue weighted by atomic mass is 10.0. The van der Waals surface area contributed by atoms with Crippen LogP contribution in [0.3, 0.4) is 0 Å². The first kappa shape index (κ1) is 18.0. The van der Waals surface area contributed by atoms with Gasteiger partial charge in [-0.1, -0.05) is 55.0 Å². The molecule has 0 spiro atoms. The fraction of sp³-hybridized carbons (Fsp3) is 0.278. The molecule has 0 radical (unpaired) electrons. The van der Waals surface area contributed by atoms with E-state index in [4.69, 9.17) is 0 Å². The van der Waals surface area contributed by atoms with Crippen LogP contribution in [0.15, 0.2) is 59.5 Å². The van der Waals surface area contributed by atoms with E-state index >= 15 is 0 Å². The highest BCUT2D eigenvalue weighted by Gasteiger charge is 2.21. The van der Waals surface area contributed by atoms with Crippen molar-refractivity contribution in [3.8, 4) is 0 Å². The molecule has 0 aliphatic heterocycles. The van der Waals surface area contributed by atoms with Crippen molar-refractivity contribution in [2.75, 3.05) is 13.6 Å². The largest absolute Gasteiger partial charge is 0.331 e. The van der Waals surface area contributed by atoms with Crippen molar-refractivity contribution >= 4 is 16.1 Å². The molecule has 6 heteroatoms. The maximum absolute atomic E-state index is 12.3. The molecule has 2 aromatic carbocycles. The number of hydrogen-bond acceptors (Lipinski definition) is 3. The molecular formula is C18H22N2O3S. The smallest absolute Gasteiger partial charge is 0.326 e. The van der Waals surface area contributed by atoms with E-state index in [1.54, 1.807) is 19.2 Å². The van der Waals surface area contributed by atoms with Crippen molar-refractivity contribution in [1.29, 1.82) is 0 Å². The second kappa shape index (κ2) is 7.49. The minimum absolute atomic E-state index is 0.0750. The van der Waals surface area contributed by atoms with Crippen LogP contribution in [0, 0.1) is 6.92 Å². The normalized spacial score (nSPS) is 12.5. The first-order valence-electron chi connectivity index (χ1n) is 7.69. The number of nitrogens with zero attached hydrogens (tertiary/aromatic N) is 1. The SMILES string of the molecule is Cc1ccc(S(=O)(=O)NC(=O)N(C)CC(C)c2ccccc2)cc1. The standard InChI is InChI=1S/C18H22N2O3S/c1-14-9-11-17(12-10-14)24(22,23)19-18(21)20(3)13-15(2)16-7-5-4-6-8-16/h4-12,15H,13H2,1-3H3,(H,19,21). The van der Waals surface area contributed by atoms with E-state index in [0.717, 1.165) is 11.1 Å². The highest BCUT2D eigenvalue weighted by molar-refractivity contribution is 7.90. The Balaban J connectivity index is 2.02. The molecule has 1 atom stereocenters. The van der Waals surface area contributed by atoms with E-state index in [1.165, 1.54) is 17.0 Å². The van der Waals surface area contributed by atoms with Gasteiger partial charge in [0.05, 0.1) is 4.90 Å². The maximum atomic E-state index is 12.3. The topological polar surface area (TPSA) is 66.5 Å². The van der Waals surface area contributed by atoms with Gasteiger partial charge in [-0.2, -0.15) is 0 Å². The van der Waals surface area contributed by atoms with Crippen LogP contribution in [0.5, 0.6) is 0 Å². The number of nitrogens with one attached hydrogen (secondary N) is 1. The van der Waals surface area contributed by atoms with E-state index in [0.29, 0.717) is 6.54 Å². The Labute approximate surface area is 143 Å². The summed E-state index contributed by atoms with van der Waals surface area (Å²) >= 11 is 0. The summed E-state index contributed by atoms with van der Waals surface area (Å²) < 4.78 is 26.6. The number of amides is 2.